The van der Waals surface area contributed by atoms with Gasteiger partial charge in [-0.1, -0.05) is 19.1 Å². The third-order valence-electron chi connectivity index (χ3n) is 4.93. The topological polar surface area (TPSA) is 58.1 Å². The van der Waals surface area contributed by atoms with Crippen molar-refractivity contribution in [2.45, 2.75) is 39.7 Å². The maximum Gasteiger partial charge on any atom is 0.191 e. The van der Waals surface area contributed by atoms with E-state index in [2.05, 4.69) is 34.6 Å². The zero-order valence-electron chi connectivity index (χ0n) is 18.3. The van der Waals surface area contributed by atoms with E-state index in [-0.39, 0.29) is 24.0 Å². The van der Waals surface area contributed by atoms with Crippen LogP contribution >= 0.6 is 24.0 Å². The number of methoxy groups -OCH3 is 1. The molecule has 1 atom stereocenters. The average molecular weight is 518 g/mol. The number of hydrogen-bond donors (Lipinski definition) is 2. The zero-order valence-corrected chi connectivity index (χ0v) is 20.6. The van der Waals surface area contributed by atoms with E-state index in [1.54, 1.807) is 7.11 Å². The van der Waals surface area contributed by atoms with Crippen LogP contribution in [0.1, 0.15) is 38.7 Å². The Hall–Kier alpha value is -1.06. The molecule has 2 rings (SSSR count). The molecule has 7 heteroatoms. The number of nitrogens with zero attached hydrogens (tertiary/aromatic N) is 2. The van der Waals surface area contributed by atoms with E-state index in [1.807, 2.05) is 19.1 Å². The van der Waals surface area contributed by atoms with Gasteiger partial charge in [-0.05, 0) is 62.9 Å². The molecular formula is C22H39IN4O2. The minimum Gasteiger partial charge on any atom is -0.497 e. The van der Waals surface area contributed by atoms with Crippen LogP contribution in [0.15, 0.2) is 29.3 Å². The largest absolute Gasteiger partial charge is 0.497 e. The zero-order chi connectivity index (χ0) is 20.0. The molecule has 1 unspecified atom stereocenters. The number of nitrogens with one attached hydrogen (secondary N) is 2. The summed E-state index contributed by atoms with van der Waals surface area (Å²) in [6.45, 7) is 12.0. The van der Waals surface area contributed by atoms with Gasteiger partial charge in [-0.3, -0.25) is 0 Å². The van der Waals surface area contributed by atoms with Crippen molar-refractivity contribution in [3.05, 3.63) is 29.8 Å². The van der Waals surface area contributed by atoms with Crippen molar-refractivity contribution < 1.29 is 9.47 Å². The van der Waals surface area contributed by atoms with Crippen molar-refractivity contribution in [3.8, 4) is 5.75 Å². The molecule has 1 aliphatic rings. The lowest BCUT2D eigenvalue weighted by atomic mass is 10.1. The molecule has 0 spiro atoms. The molecule has 6 nitrogen and oxygen atoms in total. The maximum atomic E-state index is 5.42. The Morgan fingerprint density at radius 2 is 1.90 bits per heavy atom. The molecule has 0 aliphatic carbocycles. The summed E-state index contributed by atoms with van der Waals surface area (Å²) in [5, 5.41) is 6.96. The summed E-state index contributed by atoms with van der Waals surface area (Å²) in [7, 11) is 1.69. The molecule has 1 aromatic carbocycles. The predicted octanol–water partition coefficient (Wildman–Crippen LogP) is 3.51. The summed E-state index contributed by atoms with van der Waals surface area (Å²) < 4.78 is 10.6. The Bertz CT molecular complexity index is 562. The number of benzene rings is 1. The number of aliphatic imine (C=N–C) groups is 1. The van der Waals surface area contributed by atoms with Gasteiger partial charge in [0.1, 0.15) is 5.75 Å². The Morgan fingerprint density at radius 1 is 1.17 bits per heavy atom. The SMILES string of the molecule is CCOCCCNC(=NCc1ccc(OC)cc1)NCC(C)CN1CCCC1.I. The highest BCUT2D eigenvalue weighted by atomic mass is 127. The number of guanidine groups is 1. The van der Waals surface area contributed by atoms with E-state index in [1.165, 1.54) is 31.5 Å². The molecule has 0 amide bonds. The van der Waals surface area contributed by atoms with Crippen LogP contribution in [0.3, 0.4) is 0 Å². The van der Waals surface area contributed by atoms with Gasteiger partial charge in [0.15, 0.2) is 5.96 Å². The van der Waals surface area contributed by atoms with Crippen molar-refractivity contribution in [2.75, 3.05) is 53.0 Å². The number of hydrogen-bond acceptors (Lipinski definition) is 4. The second-order valence-corrected chi connectivity index (χ2v) is 7.48. The van der Waals surface area contributed by atoms with Crippen molar-refractivity contribution in [1.29, 1.82) is 0 Å². The van der Waals surface area contributed by atoms with Gasteiger partial charge in [-0.15, -0.1) is 24.0 Å². The van der Waals surface area contributed by atoms with Gasteiger partial charge in [0, 0.05) is 32.8 Å². The number of halogens is 1. The Kier molecular flexibility index (Phi) is 14.1. The Balaban J connectivity index is 0.00000420. The number of likely N-dealkylation sites (tertiary alicyclic amines) is 1. The van der Waals surface area contributed by atoms with Crippen molar-refractivity contribution in [3.63, 3.8) is 0 Å². The van der Waals surface area contributed by atoms with Gasteiger partial charge in [0.25, 0.3) is 0 Å². The van der Waals surface area contributed by atoms with E-state index in [9.17, 15) is 0 Å². The first-order valence-electron chi connectivity index (χ1n) is 10.7. The highest BCUT2D eigenvalue weighted by Crippen LogP contribution is 2.12. The standard InChI is InChI=1S/C22H38N4O2.HI/c1-4-28-15-7-12-23-22(24-16-19(2)18-26-13-5-6-14-26)25-17-20-8-10-21(27-3)11-9-20;/h8-11,19H,4-7,12-18H2,1-3H3,(H2,23,24,25);1H. The normalized spacial score (nSPS) is 15.6. The summed E-state index contributed by atoms with van der Waals surface area (Å²) >= 11 is 0. The number of rotatable bonds is 12. The molecule has 2 N–H and O–H groups in total. The van der Waals surface area contributed by atoms with Crippen LogP contribution in [-0.4, -0.2) is 63.9 Å². The van der Waals surface area contributed by atoms with Gasteiger partial charge >= 0.3 is 0 Å². The van der Waals surface area contributed by atoms with Crippen LogP contribution in [0.5, 0.6) is 5.75 Å². The van der Waals surface area contributed by atoms with E-state index < -0.39 is 0 Å². The van der Waals surface area contributed by atoms with Gasteiger partial charge in [-0.2, -0.15) is 0 Å². The van der Waals surface area contributed by atoms with E-state index in [0.717, 1.165) is 51.0 Å². The lowest BCUT2D eigenvalue weighted by molar-refractivity contribution is 0.145. The Labute approximate surface area is 193 Å². The fraction of sp³-hybridized carbons (Fsp3) is 0.682. The van der Waals surface area contributed by atoms with E-state index in [4.69, 9.17) is 14.5 Å². The maximum absolute atomic E-state index is 5.42. The lowest BCUT2D eigenvalue weighted by Crippen LogP contribution is -2.42. The molecule has 1 heterocycles. The van der Waals surface area contributed by atoms with Gasteiger partial charge in [-0.25, -0.2) is 4.99 Å². The smallest absolute Gasteiger partial charge is 0.191 e. The first kappa shape index (κ1) is 26.0. The second-order valence-electron chi connectivity index (χ2n) is 7.48. The van der Waals surface area contributed by atoms with Gasteiger partial charge in [0.05, 0.1) is 13.7 Å². The highest BCUT2D eigenvalue weighted by Gasteiger charge is 2.14. The minimum absolute atomic E-state index is 0. The molecule has 0 radical (unpaired) electrons. The first-order chi connectivity index (χ1) is 13.7. The highest BCUT2D eigenvalue weighted by molar-refractivity contribution is 14.0. The van der Waals surface area contributed by atoms with Crippen LogP contribution < -0.4 is 15.4 Å². The molecule has 0 aromatic heterocycles. The lowest BCUT2D eigenvalue weighted by Gasteiger charge is -2.21. The molecule has 1 fully saturated rings. The summed E-state index contributed by atoms with van der Waals surface area (Å²) in [6, 6.07) is 8.08. The third-order valence-corrected chi connectivity index (χ3v) is 4.93. The minimum atomic E-state index is 0. The van der Waals surface area contributed by atoms with Crippen LogP contribution in [-0.2, 0) is 11.3 Å². The molecule has 1 aromatic rings. The summed E-state index contributed by atoms with van der Waals surface area (Å²) in [5.41, 5.74) is 1.17. The summed E-state index contributed by atoms with van der Waals surface area (Å²) in [5.74, 6) is 2.34. The van der Waals surface area contributed by atoms with Crippen LogP contribution in [0.4, 0.5) is 0 Å². The van der Waals surface area contributed by atoms with Crippen LogP contribution in [0.25, 0.3) is 0 Å². The van der Waals surface area contributed by atoms with E-state index >= 15 is 0 Å². The summed E-state index contributed by atoms with van der Waals surface area (Å²) in [4.78, 5) is 7.34. The molecule has 1 saturated heterocycles. The van der Waals surface area contributed by atoms with E-state index in [0.29, 0.717) is 12.5 Å². The third kappa shape index (κ3) is 11.1. The monoisotopic (exact) mass is 518 g/mol. The van der Waals surface area contributed by atoms with Crippen LogP contribution in [0, 0.1) is 5.92 Å². The predicted molar refractivity (Wildman–Crippen MR) is 132 cm³/mol. The Morgan fingerprint density at radius 3 is 2.55 bits per heavy atom. The molecule has 0 saturated carbocycles. The molecule has 166 valence electrons. The fourth-order valence-electron chi connectivity index (χ4n) is 3.34. The number of ether oxygens (including phenoxy) is 2. The van der Waals surface area contributed by atoms with Crippen LogP contribution in [0.2, 0.25) is 0 Å². The van der Waals surface area contributed by atoms with Gasteiger partial charge < -0.3 is 25.0 Å². The van der Waals surface area contributed by atoms with Crippen molar-refractivity contribution in [2.24, 2.45) is 10.9 Å². The van der Waals surface area contributed by atoms with Crippen molar-refractivity contribution >= 4 is 29.9 Å². The van der Waals surface area contributed by atoms with Gasteiger partial charge in [0.2, 0.25) is 0 Å². The quantitative estimate of drug-likeness (QED) is 0.192. The molecule has 1 aliphatic heterocycles. The molecule has 0 bridgehead atoms. The average Bonchev–Trinajstić information content (AvgIpc) is 3.22. The molecular weight excluding hydrogens is 479 g/mol. The molecule has 29 heavy (non-hydrogen) atoms. The first-order valence-corrected chi connectivity index (χ1v) is 10.7. The van der Waals surface area contributed by atoms with Crippen molar-refractivity contribution in [1.82, 2.24) is 15.5 Å². The fourth-order valence-corrected chi connectivity index (χ4v) is 3.34. The second kappa shape index (κ2) is 15.7. The summed E-state index contributed by atoms with van der Waals surface area (Å²) in [6.07, 6.45) is 3.66.